The quantitative estimate of drug-likeness (QED) is 0.0566. The fourth-order valence-electron chi connectivity index (χ4n) is 3.51. The van der Waals surface area contributed by atoms with Gasteiger partial charge in [-0.05, 0) is 68.0 Å². The number of carbonyl (C=O) groups excluding carboxylic acids is 1. The summed E-state index contributed by atoms with van der Waals surface area (Å²) < 4.78 is 37.3. The van der Waals surface area contributed by atoms with E-state index in [1.807, 2.05) is 0 Å². The second kappa shape index (κ2) is 19.7. The molecule has 0 aliphatic carbocycles. The fraction of sp³-hybridized carbons (Fsp3) is 0.429. The number of ether oxygens (including phenoxy) is 2. The zero-order valence-electron chi connectivity index (χ0n) is 24.7. The summed E-state index contributed by atoms with van der Waals surface area (Å²) in [5.41, 5.74) is 12.5. The highest BCUT2D eigenvalue weighted by Crippen LogP contribution is 2.16. The van der Waals surface area contributed by atoms with Crippen LogP contribution in [0.4, 0.5) is 10.5 Å². The first kappa shape index (κ1) is 37.6. The lowest BCUT2D eigenvalue weighted by atomic mass is 10.1. The second-order valence-corrected chi connectivity index (χ2v) is 11.0. The van der Waals surface area contributed by atoms with Crippen molar-refractivity contribution in [1.82, 2.24) is 5.32 Å². The zero-order chi connectivity index (χ0) is 33.1. The largest absolute Gasteiger partial charge is 0.480 e. The van der Waals surface area contributed by atoms with Crippen LogP contribution in [0.1, 0.15) is 37.3 Å². The van der Waals surface area contributed by atoms with Crippen LogP contribution in [0.15, 0.2) is 48.5 Å². The van der Waals surface area contributed by atoms with Crippen molar-refractivity contribution in [2.75, 3.05) is 31.3 Å². The molecule has 2 atom stereocenters. The van der Waals surface area contributed by atoms with Gasteiger partial charge in [-0.25, -0.2) is 9.59 Å². The van der Waals surface area contributed by atoms with Crippen LogP contribution < -0.4 is 26.3 Å². The Balaban J connectivity index is 0.000000681. The van der Waals surface area contributed by atoms with Crippen LogP contribution in [-0.4, -0.2) is 80.8 Å². The van der Waals surface area contributed by atoms with Crippen molar-refractivity contribution >= 4 is 39.8 Å². The SMILES string of the molecule is CCOC(Cc1ccc(NC(=O)OCCCc2ccc(OS(C)(=O)=O)cc2)cc1)C(=O)O.N=C(N)NCCC[C@H](N)C(=O)O. The summed E-state index contributed by atoms with van der Waals surface area (Å²) in [5, 5.41) is 29.5. The van der Waals surface area contributed by atoms with E-state index in [0.717, 1.165) is 17.4 Å². The van der Waals surface area contributed by atoms with Gasteiger partial charge in [0, 0.05) is 25.3 Å². The van der Waals surface area contributed by atoms with E-state index in [4.69, 9.17) is 40.7 Å². The summed E-state index contributed by atoms with van der Waals surface area (Å²) in [6.45, 7) is 2.74. The molecule has 0 aliphatic heterocycles. The molecule has 0 fully saturated rings. The molecule has 15 nitrogen and oxygen atoms in total. The van der Waals surface area contributed by atoms with Gasteiger partial charge >= 0.3 is 28.1 Å². The molecule has 2 aromatic carbocycles. The predicted molar refractivity (Wildman–Crippen MR) is 163 cm³/mol. The highest BCUT2D eigenvalue weighted by molar-refractivity contribution is 7.86. The Morgan fingerprint density at radius 1 is 0.977 bits per heavy atom. The minimum absolute atomic E-state index is 0.112. The Morgan fingerprint density at radius 2 is 1.59 bits per heavy atom. The summed E-state index contributed by atoms with van der Waals surface area (Å²) in [4.78, 5) is 33.3. The predicted octanol–water partition coefficient (Wildman–Crippen LogP) is 1.90. The van der Waals surface area contributed by atoms with Gasteiger partial charge in [0.15, 0.2) is 12.1 Å². The van der Waals surface area contributed by atoms with Gasteiger partial charge in [-0.1, -0.05) is 24.3 Å². The molecule has 0 radical (unpaired) electrons. The molecule has 2 aromatic rings. The number of hydrogen-bond acceptors (Lipinski definition) is 10. The minimum Gasteiger partial charge on any atom is -0.480 e. The normalized spacial score (nSPS) is 12.1. The molecule has 1 amide bonds. The highest BCUT2D eigenvalue weighted by atomic mass is 32.2. The monoisotopic (exact) mass is 639 g/mol. The Hall–Kier alpha value is -4.41. The van der Waals surface area contributed by atoms with Gasteiger partial charge < -0.3 is 40.7 Å². The molecular formula is C28H41N5O10S. The molecule has 9 N–H and O–H groups in total. The maximum absolute atomic E-state index is 11.9. The van der Waals surface area contributed by atoms with E-state index in [-0.39, 0.29) is 24.7 Å². The van der Waals surface area contributed by atoms with E-state index in [2.05, 4.69) is 10.6 Å². The van der Waals surface area contributed by atoms with Crippen LogP contribution >= 0.6 is 0 Å². The lowest BCUT2D eigenvalue weighted by Gasteiger charge is -2.13. The van der Waals surface area contributed by atoms with E-state index >= 15 is 0 Å². The van der Waals surface area contributed by atoms with Crippen molar-refractivity contribution in [1.29, 1.82) is 5.41 Å². The van der Waals surface area contributed by atoms with Crippen LogP contribution in [0.5, 0.6) is 5.75 Å². The third kappa shape index (κ3) is 17.5. The molecule has 2 rings (SSSR count). The number of carboxylic acid groups (broad SMARTS) is 2. The van der Waals surface area contributed by atoms with Gasteiger partial charge in [-0.2, -0.15) is 8.42 Å². The number of nitrogens with two attached hydrogens (primary N) is 2. The first-order valence-corrected chi connectivity index (χ1v) is 15.4. The number of rotatable bonds is 17. The number of carbonyl (C=O) groups is 3. The Morgan fingerprint density at radius 3 is 2.11 bits per heavy atom. The number of nitrogens with one attached hydrogen (secondary N) is 3. The lowest BCUT2D eigenvalue weighted by molar-refractivity contribution is -0.150. The number of anilines is 1. The number of amides is 1. The topological polar surface area (TPSA) is 253 Å². The summed E-state index contributed by atoms with van der Waals surface area (Å²) in [7, 11) is -3.55. The minimum atomic E-state index is -3.55. The molecule has 244 valence electrons. The molecular weight excluding hydrogens is 598 g/mol. The van der Waals surface area contributed by atoms with Crippen molar-refractivity contribution in [3.05, 3.63) is 59.7 Å². The van der Waals surface area contributed by atoms with Crippen molar-refractivity contribution in [3.63, 3.8) is 0 Å². The van der Waals surface area contributed by atoms with Gasteiger partial charge in [0.25, 0.3) is 0 Å². The molecule has 0 heterocycles. The lowest BCUT2D eigenvalue weighted by Crippen LogP contribution is -2.34. The van der Waals surface area contributed by atoms with E-state index in [0.29, 0.717) is 44.5 Å². The number of carboxylic acids is 2. The van der Waals surface area contributed by atoms with Gasteiger partial charge in [0.05, 0.1) is 12.9 Å². The van der Waals surface area contributed by atoms with E-state index in [1.54, 1.807) is 55.5 Å². The molecule has 1 unspecified atom stereocenters. The Labute approximate surface area is 256 Å². The van der Waals surface area contributed by atoms with Gasteiger partial charge in [-0.15, -0.1) is 0 Å². The summed E-state index contributed by atoms with van der Waals surface area (Å²) in [5.74, 6) is -1.89. The number of aryl methyl sites for hydroxylation is 1. The van der Waals surface area contributed by atoms with Gasteiger partial charge in [-0.3, -0.25) is 15.5 Å². The first-order chi connectivity index (χ1) is 20.7. The molecule has 0 bridgehead atoms. The third-order valence-electron chi connectivity index (χ3n) is 5.60. The van der Waals surface area contributed by atoms with Gasteiger partial charge in [0.1, 0.15) is 11.8 Å². The number of aliphatic carboxylic acids is 2. The van der Waals surface area contributed by atoms with E-state index < -0.39 is 40.3 Å². The standard InChI is InChI=1S/C22H27NO8S.C6H14N4O2/c1-3-29-20(21(24)25)15-17-6-10-18(11-7-17)23-22(26)30-14-4-5-16-8-12-19(13-9-16)31-32(2,27)28;7-4(5(11)12)2-1-3-10-6(8)9/h6-13,20H,3-5,14-15H2,1-2H3,(H,23,26)(H,24,25);4H,1-3,7H2,(H,11,12)(H4,8,9,10)/t;4-/m.0/s1. The molecule has 0 aromatic heterocycles. The molecule has 16 heteroatoms. The maximum atomic E-state index is 11.9. The maximum Gasteiger partial charge on any atom is 0.411 e. The molecule has 0 spiro atoms. The van der Waals surface area contributed by atoms with Crippen LogP contribution in [0.2, 0.25) is 0 Å². The van der Waals surface area contributed by atoms with E-state index in [1.165, 1.54) is 0 Å². The first-order valence-electron chi connectivity index (χ1n) is 13.6. The molecule has 0 saturated carbocycles. The second-order valence-electron chi connectivity index (χ2n) is 9.41. The van der Waals surface area contributed by atoms with Crippen molar-refractivity contribution in [2.45, 2.75) is 51.2 Å². The summed E-state index contributed by atoms with van der Waals surface area (Å²) in [6, 6.07) is 12.6. The van der Waals surface area contributed by atoms with Crippen molar-refractivity contribution in [3.8, 4) is 5.75 Å². The number of hydrogen-bond donors (Lipinski definition) is 7. The third-order valence-corrected chi connectivity index (χ3v) is 6.10. The molecule has 0 aliphatic rings. The van der Waals surface area contributed by atoms with Crippen LogP contribution in [0.25, 0.3) is 0 Å². The molecule has 44 heavy (non-hydrogen) atoms. The van der Waals surface area contributed by atoms with Crippen LogP contribution in [0, 0.1) is 5.41 Å². The Bertz CT molecular complexity index is 1310. The van der Waals surface area contributed by atoms with E-state index in [9.17, 15) is 22.8 Å². The summed E-state index contributed by atoms with van der Waals surface area (Å²) in [6.07, 6.45) is 1.92. The van der Waals surface area contributed by atoms with Gasteiger partial charge in [0.2, 0.25) is 0 Å². The fourth-order valence-corrected chi connectivity index (χ4v) is 3.97. The smallest absolute Gasteiger partial charge is 0.411 e. The summed E-state index contributed by atoms with van der Waals surface area (Å²) >= 11 is 0. The molecule has 0 saturated heterocycles. The Kier molecular flexibility index (Phi) is 16.9. The van der Waals surface area contributed by atoms with Crippen LogP contribution in [-0.2, 0) is 42.0 Å². The number of benzene rings is 2. The zero-order valence-corrected chi connectivity index (χ0v) is 25.5. The average molecular weight is 640 g/mol. The average Bonchev–Trinajstić information content (AvgIpc) is 2.94. The van der Waals surface area contributed by atoms with Crippen molar-refractivity contribution < 1.29 is 46.7 Å². The number of guanidine groups is 1. The van der Waals surface area contributed by atoms with Crippen molar-refractivity contribution in [2.24, 2.45) is 11.5 Å². The highest BCUT2D eigenvalue weighted by Gasteiger charge is 2.18. The van der Waals surface area contributed by atoms with Crippen LogP contribution in [0.3, 0.4) is 0 Å².